The van der Waals surface area contributed by atoms with Crippen LogP contribution in [0.1, 0.15) is 36.6 Å². The van der Waals surface area contributed by atoms with Crippen LogP contribution in [0.25, 0.3) is 0 Å². The van der Waals surface area contributed by atoms with E-state index in [0.717, 1.165) is 25.0 Å². The smallest absolute Gasteiger partial charge is 0.433 e. The van der Waals surface area contributed by atoms with Crippen molar-refractivity contribution >= 4 is 28.8 Å². The van der Waals surface area contributed by atoms with Gasteiger partial charge in [-0.1, -0.05) is 19.1 Å². The van der Waals surface area contributed by atoms with Crippen molar-refractivity contribution in [1.82, 2.24) is 20.6 Å². The normalized spacial score (nSPS) is 15.7. The van der Waals surface area contributed by atoms with Gasteiger partial charge in [0.15, 0.2) is 0 Å². The third-order valence-corrected chi connectivity index (χ3v) is 5.83. The summed E-state index contributed by atoms with van der Waals surface area (Å²) >= 11 is -2.55. The minimum atomic E-state index is -4.59. The summed E-state index contributed by atoms with van der Waals surface area (Å²) < 4.78 is 74.7. The van der Waals surface area contributed by atoms with Crippen molar-refractivity contribution in [2.24, 2.45) is 5.92 Å². The maximum Gasteiger partial charge on any atom is 0.433 e. The number of urea groups is 1. The minimum absolute atomic E-state index is 0.0825. The van der Waals surface area contributed by atoms with Crippen molar-refractivity contribution in [1.29, 1.82) is 0 Å². The molecule has 1 aromatic heterocycles. The van der Waals surface area contributed by atoms with E-state index in [4.69, 9.17) is 0 Å². The Kier molecular flexibility index (Phi) is 8.99. The molecule has 1 unspecified atom stereocenters. The van der Waals surface area contributed by atoms with E-state index in [-0.39, 0.29) is 30.2 Å². The summed E-state index contributed by atoms with van der Waals surface area (Å²) in [6.07, 6.45) is -2.94. The molecule has 2 aromatic rings. The van der Waals surface area contributed by atoms with Crippen LogP contribution in [0, 0.1) is 11.7 Å². The number of amides is 2. The van der Waals surface area contributed by atoms with Gasteiger partial charge in [-0.25, -0.2) is 19.6 Å². The van der Waals surface area contributed by atoms with Crippen molar-refractivity contribution in [2.75, 3.05) is 23.3 Å². The predicted molar refractivity (Wildman–Crippen MR) is 121 cm³/mol. The van der Waals surface area contributed by atoms with Gasteiger partial charge in [0.1, 0.15) is 17.3 Å². The van der Waals surface area contributed by atoms with Crippen molar-refractivity contribution in [3.8, 4) is 0 Å². The summed E-state index contributed by atoms with van der Waals surface area (Å²) in [5.74, 6) is -0.0243. The lowest BCUT2D eigenvalue weighted by Gasteiger charge is -2.33. The number of benzene rings is 1. The van der Waals surface area contributed by atoms with Gasteiger partial charge >= 0.3 is 12.2 Å². The summed E-state index contributed by atoms with van der Waals surface area (Å²) in [5.41, 5.74) is 2.03. The predicted octanol–water partition coefficient (Wildman–Crippen LogP) is 3.19. The molecule has 1 aromatic carbocycles. The molecule has 192 valence electrons. The number of alkyl halides is 3. The first-order valence-corrected chi connectivity index (χ1v) is 11.8. The van der Waals surface area contributed by atoms with Gasteiger partial charge in [0.05, 0.1) is 0 Å². The lowest BCUT2D eigenvalue weighted by atomic mass is 9.99. The topological polar surface area (TPSA) is 121 Å². The van der Waals surface area contributed by atoms with Crippen molar-refractivity contribution < 1.29 is 31.1 Å². The number of pyridine rings is 1. The summed E-state index contributed by atoms with van der Waals surface area (Å²) in [4.78, 5) is 19.9. The molecule has 0 spiro atoms. The van der Waals surface area contributed by atoms with Crippen LogP contribution in [0.4, 0.5) is 33.9 Å². The van der Waals surface area contributed by atoms with Gasteiger partial charge in [0, 0.05) is 54.3 Å². The SMILES string of the molecule is CC1CCN(c2nc(C(F)(F)F)ccc2CNC(=O)Nc2ccc(CNNS(=O)[O-])c(F)c2)CC1. The molecule has 35 heavy (non-hydrogen) atoms. The molecule has 9 nitrogen and oxygen atoms in total. The molecule has 1 saturated heterocycles. The molecule has 1 aliphatic heterocycles. The summed E-state index contributed by atoms with van der Waals surface area (Å²) in [6, 6.07) is 5.34. The Hall–Kier alpha value is -2.81. The second kappa shape index (κ2) is 11.7. The number of rotatable bonds is 8. The molecule has 0 saturated carbocycles. The van der Waals surface area contributed by atoms with Gasteiger partial charge in [0.25, 0.3) is 0 Å². The van der Waals surface area contributed by atoms with Gasteiger partial charge in [-0.3, -0.25) is 4.21 Å². The molecule has 1 aliphatic rings. The molecule has 2 amide bonds. The Labute approximate surface area is 202 Å². The van der Waals surface area contributed by atoms with E-state index in [2.05, 4.69) is 28.0 Å². The van der Waals surface area contributed by atoms with E-state index < -0.39 is 35.0 Å². The number of piperidine rings is 1. The number of hydrogen-bond donors (Lipinski definition) is 4. The molecular formula is C21H25F4N6O3S-. The largest absolute Gasteiger partial charge is 0.759 e. The Morgan fingerprint density at radius 1 is 1.17 bits per heavy atom. The number of carbonyl (C=O) groups is 1. The number of halogens is 4. The first kappa shape index (κ1) is 26.8. The molecule has 1 fully saturated rings. The first-order valence-electron chi connectivity index (χ1n) is 10.8. The second-order valence-electron chi connectivity index (χ2n) is 8.15. The number of carbonyl (C=O) groups excluding carboxylic acids is 1. The molecule has 3 rings (SSSR count). The Bertz CT molecular complexity index is 1060. The van der Waals surface area contributed by atoms with Crippen molar-refractivity contribution in [3.63, 3.8) is 0 Å². The highest BCUT2D eigenvalue weighted by Gasteiger charge is 2.34. The molecule has 2 heterocycles. The van der Waals surface area contributed by atoms with Crippen molar-refractivity contribution in [2.45, 2.75) is 39.0 Å². The average molecular weight is 518 g/mol. The lowest BCUT2D eigenvalue weighted by molar-refractivity contribution is -0.141. The zero-order valence-electron chi connectivity index (χ0n) is 18.7. The van der Waals surface area contributed by atoms with Crippen LogP contribution in [0.5, 0.6) is 0 Å². The van der Waals surface area contributed by atoms with Crippen LogP contribution < -0.4 is 25.8 Å². The van der Waals surface area contributed by atoms with E-state index in [1.807, 2.05) is 4.83 Å². The van der Waals surface area contributed by atoms with Crippen LogP contribution in [0.15, 0.2) is 30.3 Å². The summed E-state index contributed by atoms with van der Waals surface area (Å²) in [5, 5.41) is 5.02. The Balaban J connectivity index is 1.64. The fraction of sp³-hybridized carbons (Fsp3) is 0.429. The lowest BCUT2D eigenvalue weighted by Crippen LogP contribution is -2.35. The zero-order chi connectivity index (χ0) is 25.6. The van der Waals surface area contributed by atoms with Gasteiger partial charge in [-0.05, 0) is 37.0 Å². The number of hydrazine groups is 1. The van der Waals surface area contributed by atoms with Gasteiger partial charge in [0.2, 0.25) is 0 Å². The third-order valence-electron chi connectivity index (χ3n) is 5.51. The van der Waals surface area contributed by atoms with Crippen LogP contribution in [0.3, 0.4) is 0 Å². The van der Waals surface area contributed by atoms with E-state index in [1.54, 1.807) is 4.90 Å². The van der Waals surface area contributed by atoms with Crippen LogP contribution in [0.2, 0.25) is 0 Å². The average Bonchev–Trinajstić information content (AvgIpc) is 2.79. The maximum atomic E-state index is 14.2. The van der Waals surface area contributed by atoms with Crippen molar-refractivity contribution in [3.05, 3.63) is 53.0 Å². The van der Waals surface area contributed by atoms with Gasteiger partial charge < -0.3 is 20.1 Å². The fourth-order valence-electron chi connectivity index (χ4n) is 3.58. The minimum Gasteiger partial charge on any atom is -0.759 e. The summed E-state index contributed by atoms with van der Waals surface area (Å²) in [6.45, 7) is 3.01. The number of aromatic nitrogens is 1. The highest BCUT2D eigenvalue weighted by molar-refractivity contribution is 7.76. The monoisotopic (exact) mass is 517 g/mol. The summed E-state index contributed by atoms with van der Waals surface area (Å²) in [7, 11) is 0. The zero-order valence-corrected chi connectivity index (χ0v) is 19.6. The Morgan fingerprint density at radius 3 is 2.49 bits per heavy atom. The molecule has 0 bridgehead atoms. The van der Waals surface area contributed by atoms with Gasteiger partial charge in [-0.15, -0.1) is 0 Å². The molecule has 0 radical (unpaired) electrons. The quantitative estimate of drug-likeness (QED) is 0.243. The van der Waals surface area contributed by atoms with Gasteiger partial charge in [-0.2, -0.15) is 18.0 Å². The van der Waals surface area contributed by atoms with Crippen LogP contribution in [-0.2, 0) is 30.5 Å². The molecule has 0 aliphatic carbocycles. The standard InChI is InChI=1S/C21H26F4N6O3S/c1-13-6-8-31(9-7-13)19-15(3-5-18(29-19)21(23,24)25)11-26-20(32)28-16-4-2-14(17(22)10-16)12-27-30-35(33)34/h2-5,10,13,27,30H,6-9,11-12H2,1H3,(H,33,34)(H2,26,28,32)/p-1. The third kappa shape index (κ3) is 7.85. The number of nitrogens with zero attached hydrogens (tertiary/aromatic N) is 2. The molecule has 14 heteroatoms. The van der Waals surface area contributed by atoms with E-state index in [9.17, 15) is 31.1 Å². The highest BCUT2D eigenvalue weighted by atomic mass is 32.2. The van der Waals surface area contributed by atoms with E-state index in [0.29, 0.717) is 24.6 Å². The molecule has 1 atom stereocenters. The highest BCUT2D eigenvalue weighted by Crippen LogP contribution is 2.32. The van der Waals surface area contributed by atoms with E-state index >= 15 is 0 Å². The Morgan fingerprint density at radius 2 is 1.86 bits per heavy atom. The van der Waals surface area contributed by atoms with E-state index in [1.165, 1.54) is 18.2 Å². The first-order chi connectivity index (χ1) is 16.5. The number of nitrogens with one attached hydrogen (secondary N) is 4. The molecule has 4 N–H and O–H groups in total. The maximum absolute atomic E-state index is 14.2. The fourth-order valence-corrected chi connectivity index (χ4v) is 3.77. The molecular weight excluding hydrogens is 492 g/mol. The number of anilines is 2. The van der Waals surface area contributed by atoms with Crippen LogP contribution in [-0.4, -0.2) is 32.9 Å². The number of hydrogen-bond acceptors (Lipinski definition) is 6. The van der Waals surface area contributed by atoms with Crippen LogP contribution >= 0.6 is 0 Å². The second-order valence-corrected chi connectivity index (χ2v) is 8.82.